The lowest BCUT2D eigenvalue weighted by atomic mass is 10.1. The third kappa shape index (κ3) is 3.11. The lowest BCUT2D eigenvalue weighted by molar-refractivity contribution is 0.0996. The molecule has 8 heteroatoms. The van der Waals surface area contributed by atoms with Gasteiger partial charge >= 0.3 is 0 Å². The molecular formula is C13H14N4O3S. The molecule has 1 aromatic carbocycles. The van der Waals surface area contributed by atoms with E-state index in [-0.39, 0.29) is 11.5 Å². The van der Waals surface area contributed by atoms with E-state index >= 15 is 0 Å². The summed E-state index contributed by atoms with van der Waals surface area (Å²) < 4.78 is 5.15. The van der Waals surface area contributed by atoms with Gasteiger partial charge in [0.25, 0.3) is 5.91 Å². The molecule has 1 aromatic heterocycles. The second-order valence-electron chi connectivity index (χ2n) is 4.20. The lowest BCUT2D eigenvalue weighted by Crippen LogP contribution is -2.15. The number of nitrogens with two attached hydrogens (primary N) is 2. The zero-order valence-corrected chi connectivity index (χ0v) is 12.3. The van der Waals surface area contributed by atoms with E-state index in [4.69, 9.17) is 16.2 Å². The number of aromatic nitrogens is 1. The summed E-state index contributed by atoms with van der Waals surface area (Å²) in [5.41, 5.74) is 12.0. The number of nitrogen functional groups attached to an aromatic ring is 1. The number of nitrogens with one attached hydrogen (secondary N) is 1. The van der Waals surface area contributed by atoms with Crippen molar-refractivity contribution in [3.05, 3.63) is 34.3 Å². The van der Waals surface area contributed by atoms with Gasteiger partial charge in [-0.15, -0.1) is 0 Å². The first-order valence-electron chi connectivity index (χ1n) is 5.94. The number of methoxy groups -OCH3 is 1. The Kier molecular flexibility index (Phi) is 4.08. The van der Waals surface area contributed by atoms with Crippen LogP contribution in [0.5, 0.6) is 5.75 Å². The third-order valence-electron chi connectivity index (χ3n) is 2.75. The second kappa shape index (κ2) is 5.80. The standard InChI is InChI=1S/C13H14N4O3S/c1-6-10(21-13(15)16-6)12(19)17-8-5-7(11(14)18)3-4-9(8)20-2/h3-5H,1-2H3,(H2,14,18)(H2,15,16)(H,17,19). The number of anilines is 2. The Hall–Kier alpha value is -2.61. The van der Waals surface area contributed by atoms with Gasteiger partial charge in [-0.2, -0.15) is 0 Å². The highest BCUT2D eigenvalue weighted by molar-refractivity contribution is 7.17. The fourth-order valence-electron chi connectivity index (χ4n) is 1.77. The number of aryl methyl sites for hydroxylation is 1. The summed E-state index contributed by atoms with van der Waals surface area (Å²) in [5, 5.41) is 2.99. The second-order valence-corrected chi connectivity index (χ2v) is 5.23. The normalized spacial score (nSPS) is 10.2. The molecule has 0 aliphatic rings. The Morgan fingerprint density at radius 1 is 1.38 bits per heavy atom. The highest BCUT2D eigenvalue weighted by Crippen LogP contribution is 2.27. The van der Waals surface area contributed by atoms with Gasteiger partial charge in [-0.25, -0.2) is 4.98 Å². The molecule has 0 saturated heterocycles. The van der Waals surface area contributed by atoms with E-state index in [0.29, 0.717) is 27.1 Å². The topological polar surface area (TPSA) is 120 Å². The Balaban J connectivity index is 2.33. The highest BCUT2D eigenvalue weighted by atomic mass is 32.1. The Bertz CT molecular complexity index is 711. The smallest absolute Gasteiger partial charge is 0.267 e. The molecule has 110 valence electrons. The number of hydrogen-bond donors (Lipinski definition) is 3. The molecule has 7 nitrogen and oxygen atoms in total. The minimum absolute atomic E-state index is 0.270. The van der Waals surface area contributed by atoms with Crippen molar-refractivity contribution in [3.63, 3.8) is 0 Å². The average molecular weight is 306 g/mol. The summed E-state index contributed by atoms with van der Waals surface area (Å²) in [5.74, 6) is -0.545. The van der Waals surface area contributed by atoms with Gasteiger partial charge in [-0.3, -0.25) is 9.59 Å². The molecule has 5 N–H and O–H groups in total. The van der Waals surface area contributed by atoms with Gasteiger partial charge in [0.15, 0.2) is 5.13 Å². The van der Waals surface area contributed by atoms with Crippen LogP contribution in [0, 0.1) is 6.92 Å². The van der Waals surface area contributed by atoms with E-state index in [1.54, 1.807) is 13.0 Å². The minimum atomic E-state index is -0.591. The number of benzene rings is 1. The van der Waals surface area contributed by atoms with Crippen molar-refractivity contribution in [3.8, 4) is 5.75 Å². The maximum atomic E-state index is 12.2. The Labute approximate surface area is 124 Å². The number of carbonyl (C=O) groups excluding carboxylic acids is 2. The summed E-state index contributed by atoms with van der Waals surface area (Å²) in [4.78, 5) is 27.8. The monoisotopic (exact) mass is 306 g/mol. The van der Waals surface area contributed by atoms with E-state index in [0.717, 1.165) is 11.3 Å². The number of nitrogens with zero attached hydrogens (tertiary/aromatic N) is 1. The molecule has 2 rings (SSSR count). The zero-order valence-electron chi connectivity index (χ0n) is 11.5. The molecule has 21 heavy (non-hydrogen) atoms. The fourth-order valence-corrected chi connectivity index (χ4v) is 2.49. The summed E-state index contributed by atoms with van der Waals surface area (Å²) in [6.45, 7) is 1.69. The molecule has 0 spiro atoms. The number of primary amides is 1. The third-order valence-corrected chi connectivity index (χ3v) is 3.74. The van der Waals surface area contributed by atoms with Crippen LogP contribution in [0.25, 0.3) is 0 Å². The first kappa shape index (κ1) is 14.8. The van der Waals surface area contributed by atoms with Gasteiger partial charge in [0, 0.05) is 5.56 Å². The minimum Gasteiger partial charge on any atom is -0.495 e. The Morgan fingerprint density at radius 2 is 2.10 bits per heavy atom. The summed E-state index contributed by atoms with van der Waals surface area (Å²) in [6.07, 6.45) is 0. The van der Waals surface area contributed by atoms with E-state index in [2.05, 4.69) is 10.3 Å². The lowest BCUT2D eigenvalue weighted by Gasteiger charge is -2.10. The van der Waals surface area contributed by atoms with Crippen molar-refractivity contribution in [2.45, 2.75) is 6.92 Å². The zero-order chi connectivity index (χ0) is 15.6. The number of carbonyl (C=O) groups is 2. The van der Waals surface area contributed by atoms with Crippen LogP contribution >= 0.6 is 11.3 Å². The van der Waals surface area contributed by atoms with Gasteiger partial charge in [-0.1, -0.05) is 11.3 Å². The summed E-state index contributed by atoms with van der Waals surface area (Å²) >= 11 is 1.09. The van der Waals surface area contributed by atoms with Crippen LogP contribution in [0.3, 0.4) is 0 Å². The van der Waals surface area contributed by atoms with E-state index in [1.165, 1.54) is 19.2 Å². The maximum Gasteiger partial charge on any atom is 0.267 e. The molecule has 0 aliphatic carbocycles. The molecule has 0 saturated carbocycles. The van der Waals surface area contributed by atoms with Crippen molar-refractivity contribution in [1.29, 1.82) is 0 Å². The van der Waals surface area contributed by atoms with Crippen molar-refractivity contribution in [2.75, 3.05) is 18.2 Å². The number of rotatable bonds is 4. The number of amides is 2. The number of hydrogen-bond acceptors (Lipinski definition) is 6. The predicted octanol–water partition coefficient (Wildman–Crippen LogP) is 1.39. The molecule has 2 aromatic rings. The first-order chi connectivity index (χ1) is 9.92. The Morgan fingerprint density at radius 3 is 2.62 bits per heavy atom. The highest BCUT2D eigenvalue weighted by Gasteiger charge is 2.17. The van der Waals surface area contributed by atoms with Crippen molar-refractivity contribution < 1.29 is 14.3 Å². The molecule has 0 unspecified atom stereocenters. The van der Waals surface area contributed by atoms with E-state index in [1.807, 2.05) is 0 Å². The van der Waals surface area contributed by atoms with E-state index in [9.17, 15) is 9.59 Å². The molecule has 2 amide bonds. The predicted molar refractivity (Wildman–Crippen MR) is 80.7 cm³/mol. The van der Waals surface area contributed by atoms with Gasteiger partial charge in [0.2, 0.25) is 5.91 Å². The van der Waals surface area contributed by atoms with Crippen LogP contribution in [0.4, 0.5) is 10.8 Å². The van der Waals surface area contributed by atoms with Gasteiger partial charge < -0.3 is 21.5 Å². The summed E-state index contributed by atoms with van der Waals surface area (Å²) in [7, 11) is 1.46. The van der Waals surface area contributed by atoms with Crippen LogP contribution in [-0.2, 0) is 0 Å². The van der Waals surface area contributed by atoms with Crippen LogP contribution in [0.15, 0.2) is 18.2 Å². The van der Waals surface area contributed by atoms with Gasteiger partial charge in [0.05, 0.1) is 18.5 Å². The van der Waals surface area contributed by atoms with Crippen molar-refractivity contribution in [2.24, 2.45) is 5.73 Å². The van der Waals surface area contributed by atoms with Gasteiger partial charge in [-0.05, 0) is 25.1 Å². The molecule has 0 bridgehead atoms. The maximum absolute atomic E-state index is 12.2. The number of ether oxygens (including phenoxy) is 1. The SMILES string of the molecule is COc1ccc(C(N)=O)cc1NC(=O)c1sc(N)nc1C. The molecule has 0 radical (unpaired) electrons. The van der Waals surface area contributed by atoms with Crippen LogP contribution in [0.2, 0.25) is 0 Å². The fraction of sp³-hybridized carbons (Fsp3) is 0.154. The van der Waals surface area contributed by atoms with Gasteiger partial charge in [0.1, 0.15) is 10.6 Å². The molecule has 1 heterocycles. The molecule has 0 fully saturated rings. The average Bonchev–Trinajstić information content (AvgIpc) is 2.77. The van der Waals surface area contributed by atoms with Crippen LogP contribution in [0.1, 0.15) is 25.7 Å². The quantitative estimate of drug-likeness (QED) is 0.788. The largest absolute Gasteiger partial charge is 0.495 e. The van der Waals surface area contributed by atoms with Crippen LogP contribution < -0.4 is 21.5 Å². The van der Waals surface area contributed by atoms with Crippen LogP contribution in [-0.4, -0.2) is 23.9 Å². The van der Waals surface area contributed by atoms with E-state index < -0.39 is 5.91 Å². The van der Waals surface area contributed by atoms with Crippen molar-refractivity contribution >= 4 is 34.0 Å². The molecule has 0 atom stereocenters. The first-order valence-corrected chi connectivity index (χ1v) is 6.76. The molecular weight excluding hydrogens is 292 g/mol. The molecule has 0 aliphatic heterocycles. The van der Waals surface area contributed by atoms with Crippen molar-refractivity contribution in [1.82, 2.24) is 4.98 Å². The summed E-state index contributed by atoms with van der Waals surface area (Å²) in [6, 6.07) is 4.54. The number of thiazole rings is 1.